The van der Waals surface area contributed by atoms with E-state index in [4.69, 9.17) is 10.8 Å². The summed E-state index contributed by atoms with van der Waals surface area (Å²) in [5, 5.41) is 13.9. The first kappa shape index (κ1) is 17.4. The SMILES string of the molecule is CC(C)C[C@H](NC(=O)C(C)(C)NC(=O)CN)C(=O)O. The van der Waals surface area contributed by atoms with Crippen LogP contribution in [0.15, 0.2) is 0 Å². The zero-order valence-electron chi connectivity index (χ0n) is 11.8. The van der Waals surface area contributed by atoms with Gasteiger partial charge < -0.3 is 21.5 Å². The van der Waals surface area contributed by atoms with Crippen molar-refractivity contribution in [2.24, 2.45) is 11.7 Å². The minimum atomic E-state index is -1.21. The lowest BCUT2D eigenvalue weighted by Crippen LogP contribution is -2.58. The van der Waals surface area contributed by atoms with E-state index in [2.05, 4.69) is 10.6 Å². The van der Waals surface area contributed by atoms with Crippen LogP contribution in [0.4, 0.5) is 0 Å². The summed E-state index contributed by atoms with van der Waals surface area (Å²) >= 11 is 0. The molecule has 0 fully saturated rings. The number of carbonyl (C=O) groups excluding carboxylic acids is 2. The lowest BCUT2D eigenvalue weighted by Gasteiger charge is -2.27. The lowest BCUT2D eigenvalue weighted by molar-refractivity contribution is -0.143. The Hall–Kier alpha value is -1.63. The zero-order chi connectivity index (χ0) is 15.2. The first-order chi connectivity index (χ1) is 8.60. The minimum Gasteiger partial charge on any atom is -0.480 e. The number of aliphatic carboxylic acids is 1. The molecule has 0 saturated carbocycles. The largest absolute Gasteiger partial charge is 0.480 e. The third-order valence-corrected chi connectivity index (χ3v) is 2.52. The van der Waals surface area contributed by atoms with Gasteiger partial charge in [0.2, 0.25) is 11.8 Å². The Labute approximate surface area is 112 Å². The molecule has 0 heterocycles. The third-order valence-electron chi connectivity index (χ3n) is 2.52. The summed E-state index contributed by atoms with van der Waals surface area (Å²) in [7, 11) is 0. The molecule has 1 atom stereocenters. The minimum absolute atomic E-state index is 0.128. The van der Waals surface area contributed by atoms with E-state index < -0.39 is 29.4 Å². The van der Waals surface area contributed by atoms with Crippen LogP contribution in [0.25, 0.3) is 0 Å². The van der Waals surface area contributed by atoms with Gasteiger partial charge in [-0.3, -0.25) is 9.59 Å². The molecule has 19 heavy (non-hydrogen) atoms. The highest BCUT2D eigenvalue weighted by Gasteiger charge is 2.32. The molecular formula is C12H23N3O4. The van der Waals surface area contributed by atoms with Crippen molar-refractivity contribution in [3.63, 3.8) is 0 Å². The number of carbonyl (C=O) groups is 3. The Bertz CT molecular complexity index is 353. The smallest absolute Gasteiger partial charge is 0.326 e. The van der Waals surface area contributed by atoms with Crippen molar-refractivity contribution >= 4 is 17.8 Å². The number of nitrogens with one attached hydrogen (secondary N) is 2. The van der Waals surface area contributed by atoms with Gasteiger partial charge in [-0.2, -0.15) is 0 Å². The Morgan fingerprint density at radius 1 is 1.26 bits per heavy atom. The van der Waals surface area contributed by atoms with Gasteiger partial charge in [0, 0.05) is 0 Å². The van der Waals surface area contributed by atoms with E-state index >= 15 is 0 Å². The van der Waals surface area contributed by atoms with Crippen LogP contribution in [0, 0.1) is 5.92 Å². The van der Waals surface area contributed by atoms with Crippen molar-refractivity contribution in [2.75, 3.05) is 6.54 Å². The zero-order valence-corrected chi connectivity index (χ0v) is 11.8. The summed E-state index contributed by atoms with van der Waals surface area (Å²) in [6.45, 7) is 6.48. The maximum absolute atomic E-state index is 12.0. The molecule has 0 aliphatic rings. The van der Waals surface area contributed by atoms with E-state index in [1.165, 1.54) is 13.8 Å². The summed E-state index contributed by atoms with van der Waals surface area (Å²) in [4.78, 5) is 34.2. The molecule has 0 aromatic carbocycles. The fourth-order valence-corrected chi connectivity index (χ4v) is 1.49. The van der Waals surface area contributed by atoms with Gasteiger partial charge in [-0.05, 0) is 26.2 Å². The van der Waals surface area contributed by atoms with E-state index in [1.807, 2.05) is 13.8 Å². The number of amides is 2. The van der Waals surface area contributed by atoms with Gasteiger partial charge in [0.15, 0.2) is 0 Å². The molecule has 0 aromatic heterocycles. The standard InChI is InChI=1S/C12H23N3O4/c1-7(2)5-8(10(17)18)14-11(19)12(3,4)15-9(16)6-13/h7-8H,5-6,13H2,1-4H3,(H,14,19)(H,15,16)(H,17,18)/t8-/m0/s1. The second-order valence-corrected chi connectivity index (χ2v) is 5.37. The van der Waals surface area contributed by atoms with Gasteiger partial charge in [-0.1, -0.05) is 13.8 Å². The molecular weight excluding hydrogens is 250 g/mol. The number of rotatable bonds is 7. The fraction of sp³-hybridized carbons (Fsp3) is 0.750. The highest BCUT2D eigenvalue weighted by molar-refractivity contribution is 5.93. The van der Waals surface area contributed by atoms with Crippen LogP contribution >= 0.6 is 0 Å². The van der Waals surface area contributed by atoms with Crippen LogP contribution < -0.4 is 16.4 Å². The second-order valence-electron chi connectivity index (χ2n) is 5.37. The van der Waals surface area contributed by atoms with Crippen LogP contribution in [-0.2, 0) is 14.4 Å². The van der Waals surface area contributed by atoms with Gasteiger partial charge in [0.05, 0.1) is 6.54 Å². The molecule has 5 N–H and O–H groups in total. The van der Waals surface area contributed by atoms with Gasteiger partial charge >= 0.3 is 5.97 Å². The fourth-order valence-electron chi connectivity index (χ4n) is 1.49. The number of carboxylic acid groups (broad SMARTS) is 1. The van der Waals surface area contributed by atoms with E-state index in [-0.39, 0.29) is 12.5 Å². The van der Waals surface area contributed by atoms with E-state index in [9.17, 15) is 14.4 Å². The number of hydrogen-bond donors (Lipinski definition) is 4. The molecule has 0 radical (unpaired) electrons. The molecule has 0 aliphatic heterocycles. The van der Waals surface area contributed by atoms with Crippen molar-refractivity contribution < 1.29 is 19.5 Å². The van der Waals surface area contributed by atoms with Crippen LogP contribution in [0.3, 0.4) is 0 Å². The molecule has 0 aliphatic carbocycles. The average Bonchev–Trinajstić information content (AvgIpc) is 2.26. The van der Waals surface area contributed by atoms with Crippen molar-refractivity contribution in [1.29, 1.82) is 0 Å². The van der Waals surface area contributed by atoms with Gasteiger partial charge in [-0.25, -0.2) is 4.79 Å². The van der Waals surface area contributed by atoms with E-state index in [1.54, 1.807) is 0 Å². The molecule has 7 nitrogen and oxygen atoms in total. The predicted octanol–water partition coefficient (Wildman–Crippen LogP) is -0.545. The predicted molar refractivity (Wildman–Crippen MR) is 70.3 cm³/mol. The summed E-state index contributed by atoms with van der Waals surface area (Å²) in [6.07, 6.45) is 0.321. The van der Waals surface area contributed by atoms with Crippen molar-refractivity contribution in [3.05, 3.63) is 0 Å². The molecule has 0 bridgehead atoms. The maximum Gasteiger partial charge on any atom is 0.326 e. The van der Waals surface area contributed by atoms with E-state index in [0.717, 1.165) is 0 Å². The van der Waals surface area contributed by atoms with Crippen molar-refractivity contribution in [3.8, 4) is 0 Å². The van der Waals surface area contributed by atoms with Crippen LogP contribution in [0.2, 0.25) is 0 Å². The Kier molecular flexibility index (Phi) is 6.47. The van der Waals surface area contributed by atoms with Gasteiger partial charge in [-0.15, -0.1) is 0 Å². The number of nitrogens with two attached hydrogens (primary N) is 1. The topological polar surface area (TPSA) is 122 Å². The second kappa shape index (κ2) is 7.08. The molecule has 110 valence electrons. The molecule has 7 heteroatoms. The number of carboxylic acids is 1. The van der Waals surface area contributed by atoms with Gasteiger partial charge in [0.25, 0.3) is 0 Å². The van der Waals surface area contributed by atoms with E-state index in [0.29, 0.717) is 6.42 Å². The lowest BCUT2D eigenvalue weighted by atomic mass is 10.00. The highest BCUT2D eigenvalue weighted by Crippen LogP contribution is 2.08. The third kappa shape index (κ3) is 6.19. The van der Waals surface area contributed by atoms with Crippen molar-refractivity contribution in [2.45, 2.75) is 45.7 Å². The Balaban J connectivity index is 4.71. The van der Waals surface area contributed by atoms with Gasteiger partial charge in [0.1, 0.15) is 11.6 Å². The number of hydrogen-bond acceptors (Lipinski definition) is 4. The molecule has 2 amide bonds. The van der Waals surface area contributed by atoms with Crippen LogP contribution in [-0.4, -0.2) is 41.0 Å². The highest BCUT2D eigenvalue weighted by atomic mass is 16.4. The summed E-state index contributed by atoms with van der Waals surface area (Å²) in [6, 6.07) is -0.971. The Morgan fingerprint density at radius 2 is 1.79 bits per heavy atom. The molecule has 0 aromatic rings. The quantitative estimate of drug-likeness (QED) is 0.496. The molecule has 0 saturated heterocycles. The first-order valence-corrected chi connectivity index (χ1v) is 6.15. The summed E-state index contributed by atoms with van der Waals surface area (Å²) < 4.78 is 0. The Morgan fingerprint density at radius 3 is 2.16 bits per heavy atom. The molecule has 0 rings (SSSR count). The average molecular weight is 273 g/mol. The summed E-state index contributed by atoms with van der Waals surface area (Å²) in [5.41, 5.74) is 3.95. The monoisotopic (exact) mass is 273 g/mol. The normalized spacial score (nSPS) is 12.9. The van der Waals surface area contributed by atoms with Crippen LogP contribution in [0.1, 0.15) is 34.1 Å². The molecule has 0 unspecified atom stereocenters. The maximum atomic E-state index is 12.0. The van der Waals surface area contributed by atoms with Crippen LogP contribution in [0.5, 0.6) is 0 Å². The van der Waals surface area contributed by atoms with Crippen molar-refractivity contribution in [1.82, 2.24) is 10.6 Å². The first-order valence-electron chi connectivity index (χ1n) is 6.15. The molecule has 0 spiro atoms. The summed E-state index contributed by atoms with van der Waals surface area (Å²) in [5.74, 6) is -2.00.